The van der Waals surface area contributed by atoms with E-state index in [1.165, 1.54) is 0 Å². The summed E-state index contributed by atoms with van der Waals surface area (Å²) in [5.74, 6) is -0.509. The van der Waals surface area contributed by atoms with Crippen LogP contribution in [0.25, 0.3) is 6.20 Å². The molecule has 0 aliphatic carbocycles. The van der Waals surface area contributed by atoms with Gasteiger partial charge in [-0.05, 0) is 28.1 Å². The van der Waals surface area contributed by atoms with Gasteiger partial charge >= 0.3 is 18.5 Å². The number of halogens is 10. The predicted molar refractivity (Wildman–Crippen MR) is 89.5 cm³/mol. The number of rotatable bonds is 3. The highest BCUT2D eigenvalue weighted by Crippen LogP contribution is 2.43. The van der Waals surface area contributed by atoms with E-state index in [0.717, 1.165) is 17.9 Å². The molecule has 0 bridgehead atoms. The first-order chi connectivity index (χ1) is 13.6. The Balaban J connectivity index is 2.96. The number of nitrogens with zero attached hydrogens (tertiary/aromatic N) is 3. The highest BCUT2D eigenvalue weighted by molar-refractivity contribution is 9.10. The molecule has 0 radical (unpaired) electrons. The van der Waals surface area contributed by atoms with Crippen LogP contribution in [0.15, 0.2) is 34.2 Å². The first-order valence-electron chi connectivity index (χ1n) is 7.49. The predicted octanol–water partition coefficient (Wildman–Crippen LogP) is 6.04. The van der Waals surface area contributed by atoms with Gasteiger partial charge in [0.1, 0.15) is 0 Å². The van der Waals surface area contributed by atoms with E-state index in [2.05, 4.69) is 32.5 Å². The van der Waals surface area contributed by atoms with Crippen LogP contribution < -0.4 is 10.4 Å². The molecule has 1 aromatic heterocycles. The molecular formula is C16H9BrF9N3O. The number of benzene rings is 1. The number of alkyl halides is 9. The van der Waals surface area contributed by atoms with Crippen molar-refractivity contribution in [3.05, 3.63) is 51.7 Å². The van der Waals surface area contributed by atoms with E-state index in [-0.39, 0.29) is 12.1 Å². The quantitative estimate of drug-likeness (QED) is 0.473. The minimum atomic E-state index is -5.21. The summed E-state index contributed by atoms with van der Waals surface area (Å²) in [4.78, 5) is 6.68. The highest BCUT2D eigenvalue weighted by atomic mass is 79.9. The maximum Gasteiger partial charge on any atom is 0.433 e. The Kier molecular flexibility index (Phi) is 6.31. The van der Waals surface area contributed by atoms with Crippen LogP contribution in [0.3, 0.4) is 0 Å². The number of ether oxygens (including phenoxy) is 1. The molecule has 1 heterocycles. The molecule has 0 N–H and O–H groups in total. The van der Waals surface area contributed by atoms with E-state index in [0.29, 0.717) is 6.07 Å². The van der Waals surface area contributed by atoms with E-state index < -0.39 is 57.0 Å². The van der Waals surface area contributed by atoms with Crippen molar-refractivity contribution < 1.29 is 44.3 Å². The lowest BCUT2D eigenvalue weighted by atomic mass is 10.1. The number of hydrogen-bond donors (Lipinski definition) is 0. The summed E-state index contributed by atoms with van der Waals surface area (Å²) >= 11 is 2.52. The van der Waals surface area contributed by atoms with Gasteiger partial charge in [0.25, 0.3) is 0 Å². The fourth-order valence-corrected chi connectivity index (χ4v) is 2.74. The molecule has 30 heavy (non-hydrogen) atoms. The molecule has 0 unspecified atom stereocenters. The Bertz CT molecular complexity index is 1040. The molecule has 2 aromatic rings. The van der Waals surface area contributed by atoms with Gasteiger partial charge in [0.05, 0.1) is 28.4 Å². The van der Waals surface area contributed by atoms with Crippen molar-refractivity contribution in [1.82, 2.24) is 9.55 Å². The lowest BCUT2D eigenvalue weighted by Crippen LogP contribution is -2.26. The number of methoxy groups -OCH3 is 1. The van der Waals surface area contributed by atoms with Crippen LogP contribution in [0.1, 0.15) is 16.8 Å². The van der Waals surface area contributed by atoms with Gasteiger partial charge in [-0.15, -0.1) is 0 Å². The highest BCUT2D eigenvalue weighted by Gasteiger charge is 2.39. The Morgan fingerprint density at radius 2 is 1.60 bits per heavy atom. The number of hydrogen-bond acceptors (Lipinski definition) is 3. The van der Waals surface area contributed by atoms with E-state index in [1.807, 2.05) is 0 Å². The zero-order valence-electron chi connectivity index (χ0n) is 14.5. The maximum atomic E-state index is 13.2. The van der Waals surface area contributed by atoms with E-state index in [4.69, 9.17) is 4.74 Å². The van der Waals surface area contributed by atoms with Crippen molar-refractivity contribution in [3.63, 3.8) is 0 Å². The van der Waals surface area contributed by atoms with Crippen molar-refractivity contribution in [1.29, 1.82) is 0 Å². The average Bonchev–Trinajstić information content (AvgIpc) is 2.59. The summed E-state index contributed by atoms with van der Waals surface area (Å²) in [6.07, 6.45) is -14.5. The fourth-order valence-electron chi connectivity index (χ4n) is 2.20. The average molecular weight is 510 g/mol. The van der Waals surface area contributed by atoms with Crippen LogP contribution in [0.5, 0.6) is 5.88 Å². The first-order valence-corrected chi connectivity index (χ1v) is 8.29. The van der Waals surface area contributed by atoms with Crippen LogP contribution in [0.4, 0.5) is 45.2 Å². The van der Waals surface area contributed by atoms with Crippen molar-refractivity contribution in [2.24, 2.45) is 4.99 Å². The van der Waals surface area contributed by atoms with Gasteiger partial charge in [-0.25, -0.2) is 9.98 Å². The summed E-state index contributed by atoms with van der Waals surface area (Å²) in [7, 11) is 0.987. The Labute approximate surface area is 170 Å². The normalized spacial score (nSPS) is 13.5. The van der Waals surface area contributed by atoms with Gasteiger partial charge in [-0.3, -0.25) is 4.57 Å². The van der Waals surface area contributed by atoms with Crippen LogP contribution in [-0.4, -0.2) is 16.7 Å². The topological polar surface area (TPSA) is 39.4 Å². The third-order valence-corrected chi connectivity index (χ3v) is 4.36. The van der Waals surface area contributed by atoms with Crippen LogP contribution in [-0.2, 0) is 18.5 Å². The van der Waals surface area contributed by atoms with Crippen molar-refractivity contribution in [3.8, 4) is 5.88 Å². The first kappa shape index (κ1) is 23.8. The van der Waals surface area contributed by atoms with Gasteiger partial charge in [0.2, 0.25) is 11.5 Å². The Hall–Kier alpha value is -2.51. The van der Waals surface area contributed by atoms with E-state index >= 15 is 0 Å². The molecule has 0 spiro atoms. The molecule has 1 aromatic carbocycles. The van der Waals surface area contributed by atoms with Gasteiger partial charge < -0.3 is 4.74 Å². The summed E-state index contributed by atoms with van der Waals surface area (Å²) in [6, 6.07) is 0.551. The minimum Gasteiger partial charge on any atom is -0.482 e. The molecule has 2 rings (SSSR count). The zero-order chi connectivity index (χ0) is 23.1. The molecule has 164 valence electrons. The van der Waals surface area contributed by atoms with E-state index in [9.17, 15) is 39.5 Å². The second-order valence-electron chi connectivity index (χ2n) is 5.50. The zero-order valence-corrected chi connectivity index (χ0v) is 16.1. The van der Waals surface area contributed by atoms with Gasteiger partial charge in [-0.2, -0.15) is 39.5 Å². The summed E-state index contributed by atoms with van der Waals surface area (Å²) in [6.45, 7) is 3.30. The Morgan fingerprint density at radius 1 is 1.00 bits per heavy atom. The molecule has 0 atom stereocenters. The van der Waals surface area contributed by atoms with Crippen molar-refractivity contribution >= 4 is 27.8 Å². The third kappa shape index (κ3) is 4.96. The molecule has 14 heteroatoms. The van der Waals surface area contributed by atoms with Crippen molar-refractivity contribution in [2.75, 3.05) is 7.11 Å². The monoisotopic (exact) mass is 509 g/mol. The lowest BCUT2D eigenvalue weighted by Gasteiger charge is -2.16. The molecule has 4 nitrogen and oxygen atoms in total. The minimum absolute atomic E-state index is 0.148. The third-order valence-electron chi connectivity index (χ3n) is 3.52. The fraction of sp³-hybridized carbons (Fsp3) is 0.250. The standard InChI is InChI=1S/C16H9BrF9N3O/c1-3-29-11(30-2)6-10(16(24,25)26)28-13(29)27-9-5-7(14(18,19)20)4-8(12(9)17)15(21,22)23/h3-6H,1H2,2H3. The molecule has 0 saturated carbocycles. The lowest BCUT2D eigenvalue weighted by molar-refractivity contribution is -0.143. The largest absolute Gasteiger partial charge is 0.482 e. The van der Waals surface area contributed by atoms with Crippen LogP contribution in [0.2, 0.25) is 0 Å². The summed E-state index contributed by atoms with van der Waals surface area (Å²) in [5.41, 5.74) is -6.83. The van der Waals surface area contributed by atoms with Gasteiger partial charge in [0.15, 0.2) is 5.69 Å². The van der Waals surface area contributed by atoms with Crippen LogP contribution >= 0.6 is 15.9 Å². The molecule has 0 amide bonds. The molecule has 0 fully saturated rings. The SMILES string of the molecule is C=Cn1c(OC)cc(C(F)(F)F)nc1=Nc1cc(C(F)(F)F)cc(C(F)(F)F)c1Br. The van der Waals surface area contributed by atoms with Gasteiger partial charge in [0, 0.05) is 12.3 Å². The molecular weight excluding hydrogens is 501 g/mol. The maximum absolute atomic E-state index is 13.2. The molecule has 0 aliphatic rings. The molecule has 0 saturated heterocycles. The van der Waals surface area contributed by atoms with E-state index in [1.54, 1.807) is 0 Å². The van der Waals surface area contributed by atoms with Crippen LogP contribution in [0, 0.1) is 0 Å². The smallest absolute Gasteiger partial charge is 0.433 e. The number of aromatic nitrogens is 2. The Morgan fingerprint density at radius 3 is 2.03 bits per heavy atom. The van der Waals surface area contributed by atoms with Gasteiger partial charge in [-0.1, -0.05) is 6.58 Å². The molecule has 0 aliphatic heterocycles. The summed E-state index contributed by atoms with van der Waals surface area (Å²) < 4.78 is 122. The van der Waals surface area contributed by atoms with Crippen molar-refractivity contribution in [2.45, 2.75) is 18.5 Å². The second-order valence-corrected chi connectivity index (χ2v) is 6.29. The summed E-state index contributed by atoms with van der Waals surface area (Å²) in [5, 5.41) is 0. The second kappa shape index (κ2) is 7.96.